The van der Waals surface area contributed by atoms with Gasteiger partial charge in [0.25, 0.3) is 0 Å². The summed E-state index contributed by atoms with van der Waals surface area (Å²) in [4.78, 5) is 23.9. The predicted octanol–water partition coefficient (Wildman–Crippen LogP) is 1.83. The first-order valence-electron chi connectivity index (χ1n) is 8.84. The molecule has 0 bridgehead atoms. The Morgan fingerprint density at radius 1 is 1.31 bits per heavy atom. The zero-order chi connectivity index (χ0) is 18.3. The van der Waals surface area contributed by atoms with Gasteiger partial charge in [0.05, 0.1) is 36.7 Å². The van der Waals surface area contributed by atoms with Crippen LogP contribution in [0, 0.1) is 13.8 Å². The molecule has 0 saturated carbocycles. The number of ether oxygens (including phenoxy) is 1. The number of aromatic nitrogens is 4. The van der Waals surface area contributed by atoms with Crippen molar-refractivity contribution in [2.45, 2.75) is 26.4 Å². The average molecular weight is 353 g/mol. The zero-order valence-electron chi connectivity index (χ0n) is 15.3. The molecule has 4 rings (SSSR count). The Morgan fingerprint density at radius 3 is 2.92 bits per heavy atom. The predicted molar refractivity (Wildman–Crippen MR) is 96.9 cm³/mol. The lowest BCUT2D eigenvalue weighted by atomic mass is 10.2. The minimum absolute atomic E-state index is 0.0954. The molecule has 1 aliphatic heterocycles. The van der Waals surface area contributed by atoms with Crippen LogP contribution in [0.3, 0.4) is 0 Å². The summed E-state index contributed by atoms with van der Waals surface area (Å²) in [6.45, 7) is 5.57. The molecule has 0 aliphatic carbocycles. The third-order valence-corrected chi connectivity index (χ3v) is 4.89. The van der Waals surface area contributed by atoms with Gasteiger partial charge in [-0.3, -0.25) is 4.79 Å². The third kappa shape index (κ3) is 2.99. The minimum atomic E-state index is -0.185. The molecule has 136 valence electrons. The van der Waals surface area contributed by atoms with Crippen LogP contribution in [-0.2, 0) is 23.0 Å². The second-order valence-corrected chi connectivity index (χ2v) is 6.80. The SMILES string of the molecule is Cc1cn(C)c([C@H]2CN(C(=O)Cc3c(C)nc4ccccn34)CCO2)n1. The number of hydrogen-bond donors (Lipinski definition) is 0. The van der Waals surface area contributed by atoms with Crippen LogP contribution in [0.4, 0.5) is 0 Å². The second kappa shape index (κ2) is 6.57. The van der Waals surface area contributed by atoms with E-state index >= 15 is 0 Å². The van der Waals surface area contributed by atoms with E-state index in [0.717, 1.165) is 28.6 Å². The van der Waals surface area contributed by atoms with Gasteiger partial charge in [-0.2, -0.15) is 0 Å². The van der Waals surface area contributed by atoms with Crippen LogP contribution in [0.25, 0.3) is 5.65 Å². The van der Waals surface area contributed by atoms with E-state index in [4.69, 9.17) is 4.74 Å². The molecule has 0 spiro atoms. The Kier molecular flexibility index (Phi) is 4.24. The maximum Gasteiger partial charge on any atom is 0.228 e. The van der Waals surface area contributed by atoms with Crippen molar-refractivity contribution < 1.29 is 9.53 Å². The van der Waals surface area contributed by atoms with Crippen LogP contribution >= 0.6 is 0 Å². The van der Waals surface area contributed by atoms with Gasteiger partial charge >= 0.3 is 0 Å². The van der Waals surface area contributed by atoms with Gasteiger partial charge in [-0.15, -0.1) is 0 Å². The number of fused-ring (bicyclic) bond motifs is 1. The number of amides is 1. The lowest BCUT2D eigenvalue weighted by Gasteiger charge is -2.32. The number of imidazole rings is 2. The van der Waals surface area contributed by atoms with Gasteiger partial charge in [-0.05, 0) is 26.0 Å². The van der Waals surface area contributed by atoms with Gasteiger partial charge in [-0.1, -0.05) is 6.07 Å². The Balaban J connectivity index is 1.52. The summed E-state index contributed by atoms with van der Waals surface area (Å²) in [6.07, 6.45) is 4.08. The highest BCUT2D eigenvalue weighted by Gasteiger charge is 2.28. The van der Waals surface area contributed by atoms with E-state index in [-0.39, 0.29) is 12.0 Å². The Morgan fingerprint density at radius 2 is 2.15 bits per heavy atom. The molecule has 1 fully saturated rings. The highest BCUT2D eigenvalue weighted by molar-refractivity contribution is 5.79. The average Bonchev–Trinajstić information content (AvgIpc) is 3.14. The fourth-order valence-corrected chi connectivity index (χ4v) is 3.60. The van der Waals surface area contributed by atoms with Crippen LogP contribution in [0.2, 0.25) is 0 Å². The van der Waals surface area contributed by atoms with Crippen LogP contribution in [0.15, 0.2) is 30.6 Å². The molecule has 3 aromatic rings. The topological polar surface area (TPSA) is 64.7 Å². The molecule has 1 aliphatic rings. The van der Waals surface area contributed by atoms with E-state index in [0.29, 0.717) is 26.1 Å². The lowest BCUT2D eigenvalue weighted by molar-refractivity contribution is -0.138. The molecule has 26 heavy (non-hydrogen) atoms. The summed E-state index contributed by atoms with van der Waals surface area (Å²) in [5.41, 5.74) is 3.67. The fourth-order valence-electron chi connectivity index (χ4n) is 3.60. The van der Waals surface area contributed by atoms with Crippen molar-refractivity contribution in [3.63, 3.8) is 0 Å². The van der Waals surface area contributed by atoms with Crippen molar-refractivity contribution in [1.82, 2.24) is 23.8 Å². The van der Waals surface area contributed by atoms with Crippen molar-refractivity contribution in [3.8, 4) is 0 Å². The zero-order valence-corrected chi connectivity index (χ0v) is 15.3. The number of carbonyl (C=O) groups is 1. The fraction of sp³-hybridized carbons (Fsp3) is 0.421. The molecule has 7 nitrogen and oxygen atoms in total. The molecule has 0 N–H and O–H groups in total. The van der Waals surface area contributed by atoms with E-state index < -0.39 is 0 Å². The number of aryl methyl sites for hydroxylation is 3. The molecular formula is C19H23N5O2. The van der Waals surface area contributed by atoms with Gasteiger partial charge in [0.15, 0.2) is 0 Å². The molecule has 3 aromatic heterocycles. The first-order chi connectivity index (χ1) is 12.5. The smallest absolute Gasteiger partial charge is 0.228 e. The molecule has 1 saturated heterocycles. The van der Waals surface area contributed by atoms with E-state index in [2.05, 4.69) is 9.97 Å². The molecule has 0 aromatic carbocycles. The summed E-state index contributed by atoms with van der Waals surface area (Å²) < 4.78 is 9.84. The standard InChI is InChI=1S/C19H23N5O2/c1-13-11-22(3)19(20-13)16-12-23(8-9-26-16)18(25)10-15-14(2)21-17-6-4-5-7-24(15)17/h4-7,11,16H,8-10,12H2,1-3H3/t16-/m1/s1. The highest BCUT2D eigenvalue weighted by atomic mass is 16.5. The number of morpholine rings is 1. The van der Waals surface area contributed by atoms with Crippen molar-refractivity contribution in [2.24, 2.45) is 7.05 Å². The van der Waals surface area contributed by atoms with Crippen molar-refractivity contribution in [2.75, 3.05) is 19.7 Å². The Labute approximate surface area is 152 Å². The Bertz CT molecular complexity index is 958. The van der Waals surface area contributed by atoms with Gasteiger partial charge < -0.3 is 18.6 Å². The van der Waals surface area contributed by atoms with E-state index in [1.54, 1.807) is 0 Å². The lowest BCUT2D eigenvalue weighted by Crippen LogP contribution is -2.43. The van der Waals surface area contributed by atoms with Gasteiger partial charge in [0.2, 0.25) is 5.91 Å². The highest BCUT2D eigenvalue weighted by Crippen LogP contribution is 2.22. The van der Waals surface area contributed by atoms with E-state index in [1.807, 2.05) is 65.4 Å². The minimum Gasteiger partial charge on any atom is -0.367 e. The Hall–Kier alpha value is -2.67. The van der Waals surface area contributed by atoms with E-state index in [9.17, 15) is 4.79 Å². The number of rotatable bonds is 3. The van der Waals surface area contributed by atoms with E-state index in [1.165, 1.54) is 0 Å². The first-order valence-corrected chi connectivity index (χ1v) is 8.84. The largest absolute Gasteiger partial charge is 0.367 e. The summed E-state index contributed by atoms with van der Waals surface area (Å²) in [5.74, 6) is 0.962. The van der Waals surface area contributed by atoms with Crippen LogP contribution in [0.5, 0.6) is 0 Å². The maximum atomic E-state index is 12.9. The van der Waals surface area contributed by atoms with Gasteiger partial charge in [0.1, 0.15) is 17.6 Å². The summed E-state index contributed by atoms with van der Waals surface area (Å²) >= 11 is 0. The second-order valence-electron chi connectivity index (χ2n) is 6.80. The monoisotopic (exact) mass is 353 g/mol. The van der Waals surface area contributed by atoms with Crippen LogP contribution in [0.1, 0.15) is 29.0 Å². The van der Waals surface area contributed by atoms with Gasteiger partial charge in [0, 0.05) is 26.0 Å². The molecule has 0 radical (unpaired) electrons. The van der Waals surface area contributed by atoms with Crippen molar-refractivity contribution >= 4 is 11.6 Å². The molecule has 4 heterocycles. The van der Waals surface area contributed by atoms with Crippen LogP contribution in [-0.4, -0.2) is 49.4 Å². The van der Waals surface area contributed by atoms with Crippen molar-refractivity contribution in [1.29, 1.82) is 0 Å². The maximum absolute atomic E-state index is 12.9. The van der Waals surface area contributed by atoms with Crippen LogP contribution < -0.4 is 0 Å². The summed E-state index contributed by atoms with van der Waals surface area (Å²) in [5, 5.41) is 0. The van der Waals surface area contributed by atoms with Crippen molar-refractivity contribution in [3.05, 3.63) is 53.5 Å². The summed E-state index contributed by atoms with van der Waals surface area (Å²) in [6, 6.07) is 5.86. The van der Waals surface area contributed by atoms with Gasteiger partial charge in [-0.25, -0.2) is 9.97 Å². The third-order valence-electron chi connectivity index (χ3n) is 4.89. The number of pyridine rings is 1. The quantitative estimate of drug-likeness (QED) is 0.721. The number of carbonyl (C=O) groups excluding carboxylic acids is 1. The number of nitrogens with zero attached hydrogens (tertiary/aromatic N) is 5. The number of hydrogen-bond acceptors (Lipinski definition) is 4. The molecule has 1 atom stereocenters. The normalized spacial score (nSPS) is 17.8. The molecular weight excluding hydrogens is 330 g/mol. The first kappa shape index (κ1) is 16.8. The molecule has 7 heteroatoms. The summed E-state index contributed by atoms with van der Waals surface area (Å²) in [7, 11) is 1.96. The molecule has 0 unspecified atom stereocenters. The molecule has 1 amide bonds.